The summed E-state index contributed by atoms with van der Waals surface area (Å²) in [6.07, 6.45) is 2.76. The van der Waals surface area contributed by atoms with Crippen molar-refractivity contribution in [1.29, 1.82) is 0 Å². The van der Waals surface area contributed by atoms with E-state index < -0.39 is 35.5 Å². The summed E-state index contributed by atoms with van der Waals surface area (Å²) in [4.78, 5) is 49.1. The predicted molar refractivity (Wildman–Crippen MR) is 139 cm³/mol. The fourth-order valence-electron chi connectivity index (χ4n) is 3.99. The number of ether oxygens (including phenoxy) is 3. The van der Waals surface area contributed by atoms with Gasteiger partial charge in [-0.25, -0.2) is 0 Å². The largest absolute Gasteiger partial charge is 0.480 e. The molecule has 9 nitrogen and oxygen atoms in total. The first kappa shape index (κ1) is 32.1. The molecule has 1 aromatic rings. The molecule has 3 unspecified atom stereocenters. The van der Waals surface area contributed by atoms with E-state index in [2.05, 4.69) is 0 Å². The fraction of sp³-hybridized carbons (Fsp3) is 0.643. The molecule has 0 amide bonds. The normalized spacial score (nSPS) is 15.1. The van der Waals surface area contributed by atoms with Gasteiger partial charge in [0.25, 0.3) is 0 Å². The lowest BCUT2D eigenvalue weighted by Crippen LogP contribution is -2.52. The molecular formula is C28H43NO8. The van der Waals surface area contributed by atoms with Crippen molar-refractivity contribution in [2.45, 2.75) is 105 Å². The third-order valence-corrected chi connectivity index (χ3v) is 6.06. The van der Waals surface area contributed by atoms with Crippen molar-refractivity contribution < 1.29 is 38.5 Å². The van der Waals surface area contributed by atoms with Gasteiger partial charge in [0, 0.05) is 19.3 Å². The highest BCUT2D eigenvalue weighted by Gasteiger charge is 2.37. The zero-order valence-corrected chi connectivity index (χ0v) is 23.0. The van der Waals surface area contributed by atoms with Gasteiger partial charge < -0.3 is 25.1 Å². The maximum absolute atomic E-state index is 12.7. The number of esters is 3. The second-order valence-electron chi connectivity index (χ2n) is 9.90. The van der Waals surface area contributed by atoms with Crippen molar-refractivity contribution in [3.05, 3.63) is 23.8 Å². The molecule has 4 atom stereocenters. The van der Waals surface area contributed by atoms with E-state index in [-0.39, 0.29) is 42.6 Å². The summed E-state index contributed by atoms with van der Waals surface area (Å²) in [6.45, 7) is 10.9. The minimum absolute atomic E-state index is 0.0256. The molecule has 9 heteroatoms. The molecule has 0 saturated carbocycles. The number of hydrogen-bond acceptors (Lipinski definition) is 8. The van der Waals surface area contributed by atoms with Gasteiger partial charge in [0.1, 0.15) is 11.6 Å². The molecule has 37 heavy (non-hydrogen) atoms. The Morgan fingerprint density at radius 3 is 1.92 bits per heavy atom. The Kier molecular flexibility index (Phi) is 13.3. The predicted octanol–water partition coefficient (Wildman–Crippen LogP) is 4.82. The number of benzene rings is 1. The van der Waals surface area contributed by atoms with Crippen LogP contribution in [0.2, 0.25) is 0 Å². The molecule has 0 heterocycles. The zero-order chi connectivity index (χ0) is 28.2. The van der Waals surface area contributed by atoms with Crippen LogP contribution in [-0.2, 0) is 30.3 Å². The number of carboxylic acid groups (broad SMARTS) is 1. The summed E-state index contributed by atoms with van der Waals surface area (Å²) in [6, 6.07) is 4.53. The van der Waals surface area contributed by atoms with Gasteiger partial charge in [0.15, 0.2) is 11.5 Å². The van der Waals surface area contributed by atoms with Gasteiger partial charge in [-0.2, -0.15) is 0 Å². The van der Waals surface area contributed by atoms with E-state index in [1.807, 2.05) is 20.8 Å². The zero-order valence-electron chi connectivity index (χ0n) is 23.0. The van der Waals surface area contributed by atoms with Gasteiger partial charge >= 0.3 is 23.9 Å². The summed E-state index contributed by atoms with van der Waals surface area (Å²) in [7, 11) is 0. The van der Waals surface area contributed by atoms with Crippen molar-refractivity contribution in [1.82, 2.24) is 0 Å². The summed E-state index contributed by atoms with van der Waals surface area (Å²) >= 11 is 0. The van der Waals surface area contributed by atoms with Gasteiger partial charge in [-0.15, -0.1) is 0 Å². The first-order valence-corrected chi connectivity index (χ1v) is 13.1. The number of nitrogens with two attached hydrogens (primary N) is 1. The van der Waals surface area contributed by atoms with E-state index in [1.165, 1.54) is 12.1 Å². The molecular weight excluding hydrogens is 478 g/mol. The molecule has 0 spiro atoms. The van der Waals surface area contributed by atoms with Gasteiger partial charge in [-0.05, 0) is 43.9 Å². The van der Waals surface area contributed by atoms with Crippen LogP contribution in [0, 0.1) is 11.8 Å². The summed E-state index contributed by atoms with van der Waals surface area (Å²) < 4.78 is 16.4. The van der Waals surface area contributed by atoms with Crippen LogP contribution in [0.15, 0.2) is 18.2 Å². The molecule has 0 aliphatic carbocycles. The first-order valence-electron chi connectivity index (χ1n) is 13.1. The molecule has 1 aromatic carbocycles. The van der Waals surface area contributed by atoms with E-state index in [4.69, 9.17) is 19.9 Å². The van der Waals surface area contributed by atoms with E-state index in [0.717, 1.165) is 12.8 Å². The van der Waals surface area contributed by atoms with Crippen LogP contribution in [0.1, 0.15) is 92.1 Å². The van der Waals surface area contributed by atoms with Crippen molar-refractivity contribution in [2.75, 3.05) is 0 Å². The Morgan fingerprint density at radius 2 is 1.43 bits per heavy atom. The minimum Gasteiger partial charge on any atom is -0.480 e. The third kappa shape index (κ3) is 10.5. The van der Waals surface area contributed by atoms with Gasteiger partial charge in [-0.1, -0.05) is 53.5 Å². The topological polar surface area (TPSA) is 142 Å². The quantitative estimate of drug-likeness (QED) is 0.231. The van der Waals surface area contributed by atoms with Crippen LogP contribution in [-0.4, -0.2) is 40.6 Å². The summed E-state index contributed by atoms with van der Waals surface area (Å²) in [5.41, 5.74) is 4.98. The Bertz CT molecular complexity index is 931. The van der Waals surface area contributed by atoms with Crippen LogP contribution >= 0.6 is 0 Å². The Balaban J connectivity index is 3.25. The molecule has 3 N–H and O–H groups in total. The van der Waals surface area contributed by atoms with Crippen LogP contribution in [0.3, 0.4) is 0 Å². The molecule has 1 rings (SSSR count). The van der Waals surface area contributed by atoms with E-state index >= 15 is 0 Å². The second kappa shape index (κ2) is 15.3. The SMILES string of the molecule is CCCC(=O)O[C@@H](C)CC(N)(Cc1ccc(OC(=O)C(C)CCC)c(OC(=O)C(C)CCC)c1)C(=O)O. The first-order chi connectivity index (χ1) is 17.4. The lowest BCUT2D eigenvalue weighted by molar-refractivity contribution is -0.153. The fourth-order valence-corrected chi connectivity index (χ4v) is 3.99. The van der Waals surface area contributed by atoms with E-state index in [9.17, 15) is 24.3 Å². The van der Waals surface area contributed by atoms with Gasteiger partial charge in [0.2, 0.25) is 0 Å². The number of carboxylic acids is 1. The minimum atomic E-state index is -1.75. The van der Waals surface area contributed by atoms with Crippen molar-refractivity contribution in [2.24, 2.45) is 17.6 Å². The molecule has 0 aliphatic rings. The molecule has 0 aliphatic heterocycles. The van der Waals surface area contributed by atoms with Crippen molar-refractivity contribution in [3.8, 4) is 11.5 Å². The van der Waals surface area contributed by atoms with Gasteiger partial charge in [-0.3, -0.25) is 19.2 Å². The van der Waals surface area contributed by atoms with Gasteiger partial charge in [0.05, 0.1) is 11.8 Å². The maximum Gasteiger partial charge on any atom is 0.324 e. The van der Waals surface area contributed by atoms with Crippen LogP contribution in [0.25, 0.3) is 0 Å². The number of hydrogen-bond donors (Lipinski definition) is 2. The van der Waals surface area contributed by atoms with Crippen molar-refractivity contribution >= 4 is 23.9 Å². The van der Waals surface area contributed by atoms with Crippen LogP contribution in [0.5, 0.6) is 11.5 Å². The average Bonchev–Trinajstić information content (AvgIpc) is 2.80. The third-order valence-electron chi connectivity index (χ3n) is 6.06. The standard InChI is InChI=1S/C28H43NO8/c1-7-10-18(4)25(31)36-22-14-13-21(15-23(22)37-26(32)19(5)11-8-2)17-28(29,27(33)34)16-20(6)35-24(30)12-9-3/h13-15,18-20H,7-12,16-17,29H2,1-6H3,(H,33,34)/t18?,19?,20-,28?/m0/s1. The molecule has 208 valence electrons. The average molecular weight is 522 g/mol. The Hall–Kier alpha value is -2.94. The summed E-state index contributed by atoms with van der Waals surface area (Å²) in [5, 5.41) is 9.89. The number of carbonyl (C=O) groups excluding carboxylic acids is 3. The van der Waals surface area contributed by atoms with Crippen LogP contribution < -0.4 is 15.2 Å². The molecule has 0 bridgehead atoms. The maximum atomic E-state index is 12.7. The Morgan fingerprint density at radius 1 is 0.892 bits per heavy atom. The van der Waals surface area contributed by atoms with E-state index in [0.29, 0.717) is 24.8 Å². The lowest BCUT2D eigenvalue weighted by Gasteiger charge is -2.28. The summed E-state index contributed by atoms with van der Waals surface area (Å²) in [5.74, 6) is -3.21. The highest BCUT2D eigenvalue weighted by Crippen LogP contribution is 2.32. The lowest BCUT2D eigenvalue weighted by atomic mass is 9.86. The molecule has 0 saturated heterocycles. The second-order valence-corrected chi connectivity index (χ2v) is 9.90. The monoisotopic (exact) mass is 521 g/mol. The number of rotatable bonds is 16. The molecule has 0 aromatic heterocycles. The Labute approximate surface area is 220 Å². The highest BCUT2D eigenvalue weighted by molar-refractivity contribution is 5.80. The van der Waals surface area contributed by atoms with Crippen LogP contribution in [0.4, 0.5) is 0 Å². The number of aliphatic carboxylic acids is 1. The highest BCUT2D eigenvalue weighted by atomic mass is 16.6. The number of carbonyl (C=O) groups is 4. The molecule has 0 radical (unpaired) electrons. The smallest absolute Gasteiger partial charge is 0.324 e. The molecule has 0 fully saturated rings. The van der Waals surface area contributed by atoms with E-state index in [1.54, 1.807) is 26.8 Å². The van der Waals surface area contributed by atoms with Crippen molar-refractivity contribution in [3.63, 3.8) is 0 Å².